The van der Waals surface area contributed by atoms with Crippen LogP contribution in [0.3, 0.4) is 0 Å². The summed E-state index contributed by atoms with van der Waals surface area (Å²) in [5.41, 5.74) is 1.07. The summed E-state index contributed by atoms with van der Waals surface area (Å²) in [4.78, 5) is 12.3. The molecule has 156 valence electrons. The van der Waals surface area contributed by atoms with Crippen LogP contribution >= 0.6 is 0 Å². The fourth-order valence-corrected chi connectivity index (χ4v) is 2.97. The second-order valence-electron chi connectivity index (χ2n) is 6.52. The van der Waals surface area contributed by atoms with Crippen LogP contribution in [0, 0.1) is 0 Å². The lowest BCUT2D eigenvalue weighted by atomic mass is 10.1. The standard InChI is InChI=1S/C21H23F2NO5/c1-26-18-9-4-14(11-19(18)29-21(22)23)12-24-20(25)15-5-7-16(8-6-15)28-13-17-3-2-10-27-17/h4-9,11,17,21H,2-3,10,12-13H2,1H3,(H,24,25). The van der Waals surface area contributed by atoms with Gasteiger partial charge < -0.3 is 24.3 Å². The molecule has 0 saturated carbocycles. The van der Waals surface area contributed by atoms with E-state index in [-0.39, 0.29) is 30.1 Å². The molecule has 1 aliphatic heterocycles. The van der Waals surface area contributed by atoms with E-state index in [1.807, 2.05) is 0 Å². The first kappa shape index (κ1) is 20.9. The van der Waals surface area contributed by atoms with Gasteiger partial charge in [0.25, 0.3) is 5.91 Å². The molecule has 8 heteroatoms. The predicted octanol–water partition coefficient (Wildman–Crippen LogP) is 3.78. The zero-order chi connectivity index (χ0) is 20.6. The number of hydrogen-bond acceptors (Lipinski definition) is 5. The molecule has 1 saturated heterocycles. The van der Waals surface area contributed by atoms with Crippen molar-refractivity contribution in [3.05, 3.63) is 53.6 Å². The van der Waals surface area contributed by atoms with Gasteiger partial charge in [-0.05, 0) is 54.8 Å². The van der Waals surface area contributed by atoms with Gasteiger partial charge in [0.05, 0.1) is 13.2 Å². The number of halogens is 2. The first-order valence-corrected chi connectivity index (χ1v) is 9.29. The third-order valence-electron chi connectivity index (χ3n) is 4.47. The molecule has 1 amide bonds. The van der Waals surface area contributed by atoms with E-state index >= 15 is 0 Å². The lowest BCUT2D eigenvalue weighted by Crippen LogP contribution is -2.22. The summed E-state index contributed by atoms with van der Waals surface area (Å²) < 4.78 is 45.7. The second-order valence-corrected chi connectivity index (χ2v) is 6.52. The molecule has 2 aromatic carbocycles. The SMILES string of the molecule is COc1ccc(CNC(=O)c2ccc(OCC3CCCO3)cc2)cc1OC(F)F. The van der Waals surface area contributed by atoms with Crippen LogP contribution < -0.4 is 19.5 Å². The first-order chi connectivity index (χ1) is 14.0. The monoisotopic (exact) mass is 407 g/mol. The Bertz CT molecular complexity index is 807. The van der Waals surface area contributed by atoms with Crippen LogP contribution in [0.2, 0.25) is 0 Å². The van der Waals surface area contributed by atoms with Crippen LogP contribution in [0.25, 0.3) is 0 Å². The number of ether oxygens (including phenoxy) is 4. The van der Waals surface area contributed by atoms with Gasteiger partial charge in [0, 0.05) is 18.7 Å². The van der Waals surface area contributed by atoms with E-state index in [1.54, 1.807) is 30.3 Å². The van der Waals surface area contributed by atoms with Crippen molar-refractivity contribution in [2.45, 2.75) is 32.1 Å². The van der Waals surface area contributed by atoms with Crippen LogP contribution in [-0.2, 0) is 11.3 Å². The maximum Gasteiger partial charge on any atom is 0.387 e. The number of nitrogens with one attached hydrogen (secondary N) is 1. The fourth-order valence-electron chi connectivity index (χ4n) is 2.97. The molecule has 0 aliphatic carbocycles. The maximum absolute atomic E-state index is 12.5. The largest absolute Gasteiger partial charge is 0.493 e. The van der Waals surface area contributed by atoms with Gasteiger partial charge in [0.2, 0.25) is 0 Å². The molecule has 0 aromatic heterocycles. The second kappa shape index (κ2) is 10.1. The highest BCUT2D eigenvalue weighted by Gasteiger charge is 2.16. The molecule has 1 N–H and O–H groups in total. The summed E-state index contributed by atoms with van der Waals surface area (Å²) >= 11 is 0. The highest BCUT2D eigenvalue weighted by atomic mass is 19.3. The van der Waals surface area contributed by atoms with Crippen molar-refractivity contribution >= 4 is 5.91 Å². The molecule has 1 unspecified atom stereocenters. The number of benzene rings is 2. The van der Waals surface area contributed by atoms with Crippen LogP contribution in [0.1, 0.15) is 28.8 Å². The number of hydrogen-bond donors (Lipinski definition) is 1. The smallest absolute Gasteiger partial charge is 0.387 e. The number of methoxy groups -OCH3 is 1. The maximum atomic E-state index is 12.5. The van der Waals surface area contributed by atoms with Gasteiger partial charge in [-0.2, -0.15) is 8.78 Å². The van der Waals surface area contributed by atoms with Crippen LogP contribution in [-0.4, -0.2) is 38.9 Å². The normalized spacial score (nSPS) is 15.9. The Labute approximate surface area is 167 Å². The van der Waals surface area contributed by atoms with Gasteiger partial charge in [-0.3, -0.25) is 4.79 Å². The molecular formula is C21H23F2NO5. The van der Waals surface area contributed by atoms with Crippen molar-refractivity contribution in [2.75, 3.05) is 20.3 Å². The first-order valence-electron chi connectivity index (χ1n) is 9.29. The van der Waals surface area contributed by atoms with Gasteiger partial charge in [0.1, 0.15) is 12.4 Å². The van der Waals surface area contributed by atoms with Crippen molar-refractivity contribution in [2.24, 2.45) is 0 Å². The van der Waals surface area contributed by atoms with Crippen molar-refractivity contribution in [1.29, 1.82) is 0 Å². The number of amides is 1. The molecule has 0 bridgehead atoms. The third-order valence-corrected chi connectivity index (χ3v) is 4.47. The molecule has 1 aliphatic rings. The zero-order valence-corrected chi connectivity index (χ0v) is 16.0. The van der Waals surface area contributed by atoms with Gasteiger partial charge in [-0.15, -0.1) is 0 Å². The summed E-state index contributed by atoms with van der Waals surface area (Å²) in [5.74, 6) is 0.491. The van der Waals surface area contributed by atoms with Gasteiger partial charge >= 0.3 is 6.61 Å². The highest BCUT2D eigenvalue weighted by Crippen LogP contribution is 2.29. The Morgan fingerprint density at radius 3 is 2.66 bits per heavy atom. The highest BCUT2D eigenvalue weighted by molar-refractivity contribution is 5.94. The summed E-state index contributed by atoms with van der Waals surface area (Å²) in [7, 11) is 1.36. The van der Waals surface area contributed by atoms with E-state index in [1.165, 1.54) is 19.2 Å². The molecule has 0 radical (unpaired) electrons. The minimum absolute atomic E-state index is 0.0815. The van der Waals surface area contributed by atoms with Crippen LogP contribution in [0.5, 0.6) is 17.2 Å². The molecule has 1 fully saturated rings. The van der Waals surface area contributed by atoms with Crippen molar-refractivity contribution in [3.63, 3.8) is 0 Å². The van der Waals surface area contributed by atoms with Crippen LogP contribution in [0.15, 0.2) is 42.5 Å². The number of carbonyl (C=O) groups excluding carboxylic acids is 1. The number of carbonyl (C=O) groups is 1. The topological polar surface area (TPSA) is 66.0 Å². The zero-order valence-electron chi connectivity index (χ0n) is 16.0. The van der Waals surface area contributed by atoms with Crippen molar-refractivity contribution in [1.82, 2.24) is 5.32 Å². The fraction of sp³-hybridized carbons (Fsp3) is 0.381. The van der Waals surface area contributed by atoms with E-state index in [4.69, 9.17) is 14.2 Å². The quantitative estimate of drug-likeness (QED) is 0.685. The molecular weight excluding hydrogens is 384 g/mol. The molecule has 2 aromatic rings. The van der Waals surface area contributed by atoms with Gasteiger partial charge in [0.15, 0.2) is 11.5 Å². The minimum Gasteiger partial charge on any atom is -0.493 e. The average molecular weight is 407 g/mol. The molecule has 0 spiro atoms. The molecule has 6 nitrogen and oxygen atoms in total. The molecule has 1 heterocycles. The van der Waals surface area contributed by atoms with Gasteiger partial charge in [-0.25, -0.2) is 0 Å². The van der Waals surface area contributed by atoms with E-state index < -0.39 is 6.61 Å². The molecule has 29 heavy (non-hydrogen) atoms. The summed E-state index contributed by atoms with van der Waals surface area (Å²) in [5, 5.41) is 2.75. The Balaban J connectivity index is 1.53. The molecule has 3 rings (SSSR count). The predicted molar refractivity (Wildman–Crippen MR) is 102 cm³/mol. The Morgan fingerprint density at radius 2 is 2.00 bits per heavy atom. The van der Waals surface area contributed by atoms with E-state index in [0.717, 1.165) is 19.4 Å². The number of rotatable bonds is 9. The number of alkyl halides is 2. The minimum atomic E-state index is -2.96. The summed E-state index contributed by atoms with van der Waals surface area (Å²) in [6.45, 7) is -1.54. The average Bonchev–Trinajstić information content (AvgIpc) is 3.24. The lowest BCUT2D eigenvalue weighted by molar-refractivity contribution is -0.0512. The van der Waals surface area contributed by atoms with E-state index in [9.17, 15) is 13.6 Å². The Hall–Kier alpha value is -2.87. The summed E-state index contributed by atoms with van der Waals surface area (Å²) in [6.07, 6.45) is 2.17. The summed E-state index contributed by atoms with van der Waals surface area (Å²) in [6, 6.07) is 11.4. The Morgan fingerprint density at radius 1 is 1.21 bits per heavy atom. The third kappa shape index (κ3) is 6.05. The molecule has 1 atom stereocenters. The van der Waals surface area contributed by atoms with E-state index in [2.05, 4.69) is 10.1 Å². The van der Waals surface area contributed by atoms with Crippen LogP contribution in [0.4, 0.5) is 8.78 Å². The van der Waals surface area contributed by atoms with E-state index in [0.29, 0.717) is 23.5 Å². The van der Waals surface area contributed by atoms with Crippen molar-refractivity contribution < 1.29 is 32.5 Å². The van der Waals surface area contributed by atoms with Crippen molar-refractivity contribution in [3.8, 4) is 17.2 Å². The Kier molecular flexibility index (Phi) is 7.24. The lowest BCUT2D eigenvalue weighted by Gasteiger charge is -2.13. The van der Waals surface area contributed by atoms with Gasteiger partial charge in [-0.1, -0.05) is 6.07 Å².